The van der Waals surface area contributed by atoms with E-state index in [1.165, 1.54) is 4.90 Å². The Labute approximate surface area is 173 Å². The van der Waals surface area contributed by atoms with Crippen LogP contribution in [-0.4, -0.2) is 36.4 Å². The number of hydrogen-bond donors (Lipinski definition) is 0. The molecule has 4 nitrogen and oxygen atoms in total. The number of benzene rings is 2. The van der Waals surface area contributed by atoms with E-state index in [1.807, 2.05) is 36.9 Å². The first-order valence-electron chi connectivity index (χ1n) is 9.50. The number of ether oxygens (including phenoxy) is 1. The molecule has 1 atom stereocenters. The van der Waals surface area contributed by atoms with Crippen LogP contribution in [0.4, 0.5) is 5.13 Å². The molecule has 3 aromatic rings. The van der Waals surface area contributed by atoms with E-state index in [-0.39, 0.29) is 12.0 Å². The quantitative estimate of drug-likeness (QED) is 0.522. The molecule has 1 aliphatic rings. The number of carbonyl (C=O) groups excluding carboxylic acids is 1. The smallest absolute Gasteiger partial charge is 0.260 e. The van der Waals surface area contributed by atoms with Crippen molar-refractivity contribution in [2.75, 3.05) is 24.3 Å². The van der Waals surface area contributed by atoms with Crippen LogP contribution in [0, 0.1) is 13.8 Å². The van der Waals surface area contributed by atoms with E-state index in [2.05, 4.69) is 24.5 Å². The number of carbonyl (C=O) groups is 1. The van der Waals surface area contributed by atoms with Crippen LogP contribution >= 0.6 is 23.1 Å². The molecule has 146 valence electrons. The molecule has 1 aromatic heterocycles. The Hall–Kier alpha value is -1.89. The number of thioether (sulfide) groups is 1. The summed E-state index contributed by atoms with van der Waals surface area (Å²) in [6.07, 6.45) is 4.17. The number of hydrogen-bond acceptors (Lipinski definition) is 5. The highest BCUT2D eigenvalue weighted by molar-refractivity contribution is 7.98. The topological polar surface area (TPSA) is 42.4 Å². The van der Waals surface area contributed by atoms with E-state index in [4.69, 9.17) is 9.72 Å². The van der Waals surface area contributed by atoms with Crippen molar-refractivity contribution in [1.29, 1.82) is 0 Å². The van der Waals surface area contributed by atoms with Gasteiger partial charge in [-0.05, 0) is 62.8 Å². The van der Waals surface area contributed by atoms with Crippen molar-refractivity contribution < 1.29 is 9.53 Å². The number of aromatic nitrogens is 1. The van der Waals surface area contributed by atoms with Crippen molar-refractivity contribution in [2.45, 2.75) is 37.7 Å². The molecule has 28 heavy (non-hydrogen) atoms. The average Bonchev–Trinajstić information content (AvgIpc) is 3.34. The van der Waals surface area contributed by atoms with Crippen LogP contribution in [0.1, 0.15) is 34.3 Å². The molecule has 1 aliphatic heterocycles. The van der Waals surface area contributed by atoms with Crippen LogP contribution in [0.15, 0.2) is 41.3 Å². The lowest BCUT2D eigenvalue weighted by atomic mass is 10.0. The summed E-state index contributed by atoms with van der Waals surface area (Å²) >= 11 is 3.29. The van der Waals surface area contributed by atoms with Gasteiger partial charge in [-0.3, -0.25) is 9.69 Å². The van der Waals surface area contributed by atoms with Crippen molar-refractivity contribution in [1.82, 2.24) is 4.98 Å². The number of fused-ring (bicyclic) bond motifs is 1. The molecule has 0 spiro atoms. The van der Waals surface area contributed by atoms with Gasteiger partial charge < -0.3 is 4.74 Å². The van der Waals surface area contributed by atoms with Crippen molar-refractivity contribution >= 4 is 44.4 Å². The van der Waals surface area contributed by atoms with E-state index < -0.39 is 0 Å². The van der Waals surface area contributed by atoms with Gasteiger partial charge in [0.05, 0.1) is 22.9 Å². The van der Waals surface area contributed by atoms with Gasteiger partial charge in [-0.25, -0.2) is 4.98 Å². The first-order chi connectivity index (χ1) is 13.5. The molecule has 0 unspecified atom stereocenters. The number of anilines is 1. The molecule has 1 saturated heterocycles. The molecule has 2 aromatic carbocycles. The fraction of sp³-hybridized carbons (Fsp3) is 0.364. The molecular weight excluding hydrogens is 388 g/mol. The van der Waals surface area contributed by atoms with Gasteiger partial charge in [-0.2, -0.15) is 0 Å². The first-order valence-corrected chi connectivity index (χ1v) is 11.5. The highest BCUT2D eigenvalue weighted by Crippen LogP contribution is 2.33. The van der Waals surface area contributed by atoms with Gasteiger partial charge in [0.1, 0.15) is 0 Å². The van der Waals surface area contributed by atoms with E-state index in [0.717, 1.165) is 51.5 Å². The van der Waals surface area contributed by atoms with Crippen molar-refractivity contribution in [3.05, 3.63) is 53.1 Å². The van der Waals surface area contributed by atoms with Gasteiger partial charge in [-0.15, -0.1) is 11.8 Å². The Morgan fingerprint density at radius 3 is 2.86 bits per heavy atom. The molecule has 0 radical (unpaired) electrons. The second-order valence-electron chi connectivity index (χ2n) is 7.20. The van der Waals surface area contributed by atoms with Gasteiger partial charge in [0, 0.05) is 17.1 Å². The molecule has 0 saturated carbocycles. The maximum atomic E-state index is 13.5. The Morgan fingerprint density at radius 2 is 2.14 bits per heavy atom. The van der Waals surface area contributed by atoms with Crippen LogP contribution in [0.5, 0.6) is 0 Å². The van der Waals surface area contributed by atoms with Crippen LogP contribution in [0.25, 0.3) is 10.2 Å². The summed E-state index contributed by atoms with van der Waals surface area (Å²) in [5.41, 5.74) is 3.81. The molecular formula is C22H24N2O2S2. The summed E-state index contributed by atoms with van der Waals surface area (Å²) in [7, 11) is 0. The Kier molecular flexibility index (Phi) is 5.71. The van der Waals surface area contributed by atoms with Crippen molar-refractivity contribution in [2.24, 2.45) is 0 Å². The van der Waals surface area contributed by atoms with Crippen LogP contribution in [-0.2, 0) is 4.74 Å². The minimum atomic E-state index is -0.00264. The third-order valence-corrected chi connectivity index (χ3v) is 6.85. The highest BCUT2D eigenvalue weighted by Gasteiger charge is 2.27. The third kappa shape index (κ3) is 3.95. The summed E-state index contributed by atoms with van der Waals surface area (Å²) in [5.74, 6) is -0.00264. The fourth-order valence-electron chi connectivity index (χ4n) is 3.57. The van der Waals surface area contributed by atoms with E-state index >= 15 is 0 Å². The minimum Gasteiger partial charge on any atom is -0.376 e. The predicted molar refractivity (Wildman–Crippen MR) is 118 cm³/mol. The minimum absolute atomic E-state index is 0.00264. The lowest BCUT2D eigenvalue weighted by Gasteiger charge is -2.24. The standard InChI is InChI=1S/C22H24N2O2S2/c1-14-6-8-18(15(2)11-14)21(25)24(13-16-5-4-10-26-16)22-23-19-9-7-17(27-3)12-20(19)28-22/h6-9,11-12,16H,4-5,10,13H2,1-3H3/t16-/m1/s1. The van der Waals surface area contributed by atoms with Gasteiger partial charge in [0.15, 0.2) is 5.13 Å². The first kappa shape index (κ1) is 19.4. The molecule has 1 amide bonds. The molecule has 2 heterocycles. The second-order valence-corrected chi connectivity index (χ2v) is 9.09. The number of rotatable bonds is 5. The van der Waals surface area contributed by atoms with E-state index in [1.54, 1.807) is 23.1 Å². The molecule has 0 bridgehead atoms. The zero-order chi connectivity index (χ0) is 19.7. The summed E-state index contributed by atoms with van der Waals surface area (Å²) in [5, 5.41) is 0.744. The molecule has 4 rings (SSSR count). The number of nitrogens with zero attached hydrogens (tertiary/aromatic N) is 2. The predicted octanol–water partition coefficient (Wildman–Crippen LogP) is 5.46. The third-order valence-electron chi connectivity index (χ3n) is 5.08. The number of amides is 1. The number of thiazole rings is 1. The number of aryl methyl sites for hydroxylation is 2. The van der Waals surface area contributed by atoms with Gasteiger partial charge in [0.2, 0.25) is 0 Å². The van der Waals surface area contributed by atoms with Crippen LogP contribution in [0.2, 0.25) is 0 Å². The van der Waals surface area contributed by atoms with E-state index in [9.17, 15) is 4.79 Å². The Bertz CT molecular complexity index is 1010. The lowest BCUT2D eigenvalue weighted by Crippen LogP contribution is -2.37. The average molecular weight is 413 g/mol. The lowest BCUT2D eigenvalue weighted by molar-refractivity contribution is 0.0917. The Morgan fingerprint density at radius 1 is 1.29 bits per heavy atom. The monoisotopic (exact) mass is 412 g/mol. The SMILES string of the molecule is CSc1ccc2nc(N(C[C@H]3CCCO3)C(=O)c3ccc(C)cc3C)sc2c1. The second kappa shape index (κ2) is 8.23. The largest absolute Gasteiger partial charge is 0.376 e. The van der Waals surface area contributed by atoms with Crippen molar-refractivity contribution in [3.63, 3.8) is 0 Å². The zero-order valence-corrected chi connectivity index (χ0v) is 18.0. The Balaban J connectivity index is 1.73. The highest BCUT2D eigenvalue weighted by atomic mass is 32.2. The van der Waals surface area contributed by atoms with Crippen LogP contribution in [0.3, 0.4) is 0 Å². The summed E-state index contributed by atoms with van der Waals surface area (Å²) in [4.78, 5) is 21.3. The van der Waals surface area contributed by atoms with Gasteiger partial charge in [-0.1, -0.05) is 29.0 Å². The molecule has 1 fully saturated rings. The van der Waals surface area contributed by atoms with Crippen molar-refractivity contribution in [3.8, 4) is 0 Å². The zero-order valence-electron chi connectivity index (χ0n) is 16.4. The fourth-order valence-corrected chi connectivity index (χ4v) is 5.10. The molecule has 0 aliphatic carbocycles. The van der Waals surface area contributed by atoms with E-state index in [0.29, 0.717) is 6.54 Å². The molecule has 0 N–H and O–H groups in total. The normalized spacial score (nSPS) is 16.6. The van der Waals surface area contributed by atoms with Gasteiger partial charge >= 0.3 is 0 Å². The maximum Gasteiger partial charge on any atom is 0.260 e. The molecule has 6 heteroatoms. The maximum absolute atomic E-state index is 13.5. The summed E-state index contributed by atoms with van der Waals surface area (Å²) in [6, 6.07) is 12.2. The van der Waals surface area contributed by atoms with Gasteiger partial charge in [0.25, 0.3) is 5.91 Å². The summed E-state index contributed by atoms with van der Waals surface area (Å²) < 4.78 is 6.93. The summed E-state index contributed by atoms with van der Waals surface area (Å²) in [6.45, 7) is 5.35. The van der Waals surface area contributed by atoms with Crippen LogP contribution < -0.4 is 4.90 Å².